The van der Waals surface area contributed by atoms with E-state index in [0.717, 1.165) is 28.6 Å². The Hall–Kier alpha value is -2.95. The van der Waals surface area contributed by atoms with Crippen molar-refractivity contribution >= 4 is 20.9 Å². The number of aromatic nitrogens is 1. The summed E-state index contributed by atoms with van der Waals surface area (Å²) in [6.07, 6.45) is 0. The van der Waals surface area contributed by atoms with Gasteiger partial charge < -0.3 is 19.6 Å². The van der Waals surface area contributed by atoms with Gasteiger partial charge in [-0.3, -0.25) is 4.79 Å². The van der Waals surface area contributed by atoms with Crippen molar-refractivity contribution in [2.75, 3.05) is 26.4 Å². The summed E-state index contributed by atoms with van der Waals surface area (Å²) in [6.45, 7) is -0.101. The predicted molar refractivity (Wildman–Crippen MR) is 107 cm³/mol. The lowest BCUT2D eigenvalue weighted by molar-refractivity contribution is 0.172. The van der Waals surface area contributed by atoms with Crippen LogP contribution in [0.1, 0.15) is 5.56 Å². The summed E-state index contributed by atoms with van der Waals surface area (Å²) < 4.78 is 51.1. The molecule has 158 valence electrons. The maximum absolute atomic E-state index is 13.2. The van der Waals surface area contributed by atoms with Crippen LogP contribution in [0, 0.1) is 5.82 Å². The van der Waals surface area contributed by atoms with Crippen LogP contribution >= 0.6 is 0 Å². The SMILES string of the molecule is O=c1[nH]c2cc3c(cc2cc1CN(CCO)S(=O)(=O)c1ccc(F)cc1)OCCO3. The Kier molecular flexibility index (Phi) is 5.46. The van der Waals surface area contributed by atoms with Crippen molar-refractivity contribution in [1.29, 1.82) is 0 Å². The molecule has 2 aromatic carbocycles. The molecule has 8 nitrogen and oxygen atoms in total. The van der Waals surface area contributed by atoms with Gasteiger partial charge in [-0.25, -0.2) is 12.8 Å². The van der Waals surface area contributed by atoms with Crippen LogP contribution in [0.3, 0.4) is 0 Å². The lowest BCUT2D eigenvalue weighted by Crippen LogP contribution is -2.35. The number of pyridine rings is 1. The van der Waals surface area contributed by atoms with Crippen LogP contribution in [-0.2, 0) is 16.6 Å². The fraction of sp³-hybridized carbons (Fsp3) is 0.250. The van der Waals surface area contributed by atoms with Crippen LogP contribution in [-0.4, -0.2) is 49.2 Å². The Labute approximate surface area is 171 Å². The lowest BCUT2D eigenvalue weighted by atomic mass is 10.1. The molecule has 0 aliphatic carbocycles. The zero-order valence-corrected chi connectivity index (χ0v) is 16.6. The number of ether oxygens (including phenoxy) is 2. The van der Waals surface area contributed by atoms with E-state index >= 15 is 0 Å². The van der Waals surface area contributed by atoms with Crippen molar-refractivity contribution in [3.63, 3.8) is 0 Å². The molecule has 0 amide bonds. The number of H-pyrrole nitrogens is 1. The second kappa shape index (κ2) is 8.05. The van der Waals surface area contributed by atoms with E-state index in [1.54, 1.807) is 18.2 Å². The van der Waals surface area contributed by atoms with Crippen LogP contribution in [0.5, 0.6) is 11.5 Å². The first-order valence-electron chi connectivity index (χ1n) is 9.20. The molecule has 10 heteroatoms. The Bertz CT molecular complexity index is 1240. The summed E-state index contributed by atoms with van der Waals surface area (Å²) in [5.74, 6) is 0.499. The van der Waals surface area contributed by atoms with Gasteiger partial charge in [0.25, 0.3) is 5.56 Å². The molecule has 0 radical (unpaired) electrons. The van der Waals surface area contributed by atoms with Gasteiger partial charge in [0, 0.05) is 30.1 Å². The van der Waals surface area contributed by atoms with Crippen molar-refractivity contribution in [1.82, 2.24) is 9.29 Å². The number of rotatable bonds is 6. The summed E-state index contributed by atoms with van der Waals surface area (Å²) in [6, 6.07) is 9.32. The van der Waals surface area contributed by atoms with Crippen molar-refractivity contribution in [2.45, 2.75) is 11.4 Å². The lowest BCUT2D eigenvalue weighted by Gasteiger charge is -2.22. The monoisotopic (exact) mass is 434 g/mol. The number of nitrogens with one attached hydrogen (secondary N) is 1. The highest BCUT2D eigenvalue weighted by atomic mass is 32.2. The second-order valence-corrected chi connectivity index (χ2v) is 8.66. The first-order valence-corrected chi connectivity index (χ1v) is 10.6. The van der Waals surface area contributed by atoms with Crippen molar-refractivity contribution in [3.8, 4) is 11.5 Å². The molecule has 0 unspecified atom stereocenters. The average Bonchev–Trinajstić information content (AvgIpc) is 2.73. The highest BCUT2D eigenvalue weighted by Gasteiger charge is 2.25. The number of hydrogen-bond donors (Lipinski definition) is 2. The van der Waals surface area contributed by atoms with E-state index in [4.69, 9.17) is 9.47 Å². The first kappa shape index (κ1) is 20.3. The molecule has 4 rings (SSSR count). The third-order valence-electron chi connectivity index (χ3n) is 4.73. The summed E-state index contributed by atoms with van der Waals surface area (Å²) in [5.41, 5.74) is 0.262. The standard InChI is InChI=1S/C20H19FN2O6S/c21-15-1-3-16(4-2-15)30(26,27)23(5-6-24)12-14-9-13-10-18-19(29-8-7-28-18)11-17(13)22-20(14)25/h1-4,9-11,24H,5-8,12H2,(H,22,25). The molecular weight excluding hydrogens is 415 g/mol. The molecule has 0 atom stereocenters. The minimum absolute atomic E-state index is 0.130. The van der Waals surface area contributed by atoms with E-state index in [0.29, 0.717) is 35.6 Å². The van der Waals surface area contributed by atoms with E-state index in [1.165, 1.54) is 0 Å². The molecule has 3 aromatic rings. The second-order valence-electron chi connectivity index (χ2n) is 6.72. The maximum atomic E-state index is 13.2. The van der Waals surface area contributed by atoms with Gasteiger partial charge in [0.1, 0.15) is 19.0 Å². The van der Waals surface area contributed by atoms with Crippen molar-refractivity contribution in [3.05, 3.63) is 64.2 Å². The van der Waals surface area contributed by atoms with Gasteiger partial charge in [0.2, 0.25) is 10.0 Å². The molecule has 0 spiro atoms. The van der Waals surface area contributed by atoms with E-state index in [2.05, 4.69) is 4.98 Å². The van der Waals surface area contributed by atoms with Gasteiger partial charge in [0.15, 0.2) is 11.5 Å². The normalized spacial score (nSPS) is 13.7. The minimum atomic E-state index is -4.05. The number of hydrogen-bond acceptors (Lipinski definition) is 6. The number of nitrogens with zero attached hydrogens (tertiary/aromatic N) is 1. The van der Waals surface area contributed by atoms with E-state index in [-0.39, 0.29) is 23.5 Å². The topological polar surface area (TPSA) is 109 Å². The molecule has 1 aliphatic rings. The fourth-order valence-electron chi connectivity index (χ4n) is 3.25. The van der Waals surface area contributed by atoms with Crippen LogP contribution in [0.15, 0.2) is 52.2 Å². The molecule has 30 heavy (non-hydrogen) atoms. The molecule has 2 N–H and O–H groups in total. The van der Waals surface area contributed by atoms with E-state index < -0.39 is 28.0 Å². The van der Waals surface area contributed by atoms with E-state index in [9.17, 15) is 22.7 Å². The van der Waals surface area contributed by atoms with Crippen molar-refractivity contribution in [2.24, 2.45) is 0 Å². The number of aliphatic hydroxyl groups is 1. The maximum Gasteiger partial charge on any atom is 0.252 e. The highest BCUT2D eigenvalue weighted by Crippen LogP contribution is 2.33. The van der Waals surface area contributed by atoms with E-state index in [1.807, 2.05) is 0 Å². The Balaban J connectivity index is 1.71. The van der Waals surface area contributed by atoms with Gasteiger partial charge >= 0.3 is 0 Å². The van der Waals surface area contributed by atoms with Gasteiger partial charge in [0.05, 0.1) is 17.0 Å². The number of halogens is 1. The number of fused-ring (bicyclic) bond motifs is 2. The zero-order valence-electron chi connectivity index (χ0n) is 15.8. The molecule has 0 fully saturated rings. The summed E-state index contributed by atoms with van der Waals surface area (Å²) >= 11 is 0. The van der Waals surface area contributed by atoms with Gasteiger partial charge in [-0.1, -0.05) is 0 Å². The molecular formula is C20H19FN2O6S. The number of aromatic amines is 1. The third kappa shape index (κ3) is 3.89. The van der Waals surface area contributed by atoms with Crippen molar-refractivity contribution < 1.29 is 27.4 Å². The van der Waals surface area contributed by atoms with Gasteiger partial charge in [-0.05, 0) is 36.4 Å². The highest BCUT2D eigenvalue weighted by molar-refractivity contribution is 7.89. The van der Waals surface area contributed by atoms with Crippen LogP contribution in [0.2, 0.25) is 0 Å². The molecule has 1 aromatic heterocycles. The Morgan fingerprint density at radius 1 is 1.07 bits per heavy atom. The molecule has 0 bridgehead atoms. The quantitative estimate of drug-likeness (QED) is 0.610. The molecule has 1 aliphatic heterocycles. The Morgan fingerprint density at radius 2 is 1.73 bits per heavy atom. The summed E-state index contributed by atoms with van der Waals surface area (Å²) in [4.78, 5) is 15.2. The third-order valence-corrected chi connectivity index (χ3v) is 6.59. The van der Waals surface area contributed by atoms with Gasteiger partial charge in [-0.15, -0.1) is 0 Å². The number of aliphatic hydroxyl groups excluding tert-OH is 1. The summed E-state index contributed by atoms with van der Waals surface area (Å²) in [5, 5.41) is 10.0. The number of benzene rings is 2. The molecule has 0 saturated carbocycles. The van der Waals surface area contributed by atoms with Crippen LogP contribution in [0.4, 0.5) is 4.39 Å². The Morgan fingerprint density at radius 3 is 2.40 bits per heavy atom. The zero-order chi connectivity index (χ0) is 21.3. The molecule has 0 saturated heterocycles. The predicted octanol–water partition coefficient (Wildman–Crippen LogP) is 1.62. The molecule has 2 heterocycles. The minimum Gasteiger partial charge on any atom is -0.486 e. The van der Waals surface area contributed by atoms with Crippen LogP contribution < -0.4 is 15.0 Å². The fourth-order valence-corrected chi connectivity index (χ4v) is 4.66. The first-order chi connectivity index (χ1) is 14.4. The average molecular weight is 434 g/mol. The largest absolute Gasteiger partial charge is 0.486 e. The smallest absolute Gasteiger partial charge is 0.252 e. The summed E-state index contributed by atoms with van der Waals surface area (Å²) in [7, 11) is -4.05. The van der Waals surface area contributed by atoms with Gasteiger partial charge in [-0.2, -0.15) is 4.31 Å². The number of sulfonamides is 1. The van der Waals surface area contributed by atoms with Crippen LogP contribution in [0.25, 0.3) is 10.9 Å².